The second-order valence-corrected chi connectivity index (χ2v) is 3.47. The van der Waals surface area contributed by atoms with Crippen LogP contribution in [0.3, 0.4) is 0 Å². The Morgan fingerprint density at radius 3 is 2.73 bits per heavy atom. The molecular weight excluding hydrogens is 264 g/mol. The van der Waals surface area contributed by atoms with Crippen LogP contribution in [0.15, 0.2) is 22.9 Å². The first-order valence-corrected chi connectivity index (χ1v) is 4.94. The maximum Gasteiger partial charge on any atom is 0.281 e. The van der Waals surface area contributed by atoms with Crippen molar-refractivity contribution in [2.24, 2.45) is 0 Å². The molecule has 1 N–H and O–H groups in total. The van der Waals surface area contributed by atoms with E-state index in [1.807, 2.05) is 0 Å². The van der Waals surface area contributed by atoms with Crippen molar-refractivity contribution in [2.45, 2.75) is 6.29 Å². The molecule has 1 aromatic rings. The SMILES string of the molecule is COC(OC)C(=O)Nc1ccnc(Br)c1. The number of anilines is 1. The van der Waals surface area contributed by atoms with Crippen molar-refractivity contribution in [1.29, 1.82) is 0 Å². The highest BCUT2D eigenvalue weighted by Gasteiger charge is 2.16. The van der Waals surface area contributed by atoms with Crippen LogP contribution in [0.4, 0.5) is 5.69 Å². The van der Waals surface area contributed by atoms with Gasteiger partial charge in [-0.05, 0) is 28.1 Å². The number of rotatable bonds is 4. The van der Waals surface area contributed by atoms with E-state index in [0.717, 1.165) is 0 Å². The fourth-order valence-corrected chi connectivity index (χ4v) is 1.36. The molecule has 5 nitrogen and oxygen atoms in total. The van der Waals surface area contributed by atoms with E-state index in [-0.39, 0.29) is 5.91 Å². The summed E-state index contributed by atoms with van der Waals surface area (Å²) >= 11 is 3.20. The molecule has 0 bridgehead atoms. The zero-order valence-corrected chi connectivity index (χ0v) is 9.95. The highest BCUT2D eigenvalue weighted by atomic mass is 79.9. The number of aromatic nitrogens is 1. The first-order chi connectivity index (χ1) is 7.17. The van der Waals surface area contributed by atoms with Crippen LogP contribution >= 0.6 is 15.9 Å². The van der Waals surface area contributed by atoms with Crippen LogP contribution in [-0.2, 0) is 14.3 Å². The number of carbonyl (C=O) groups excluding carboxylic acids is 1. The Hall–Kier alpha value is -0.980. The topological polar surface area (TPSA) is 60.5 Å². The molecule has 6 heteroatoms. The molecule has 0 saturated carbocycles. The summed E-state index contributed by atoms with van der Waals surface area (Å²) in [5, 5.41) is 2.63. The van der Waals surface area contributed by atoms with E-state index in [4.69, 9.17) is 9.47 Å². The van der Waals surface area contributed by atoms with Gasteiger partial charge in [0.1, 0.15) is 4.60 Å². The second kappa shape index (κ2) is 5.79. The summed E-state index contributed by atoms with van der Waals surface area (Å²) in [6.45, 7) is 0. The number of nitrogens with zero attached hydrogens (tertiary/aromatic N) is 1. The van der Waals surface area contributed by atoms with Gasteiger partial charge in [-0.1, -0.05) is 0 Å². The molecule has 0 aliphatic heterocycles. The molecule has 0 atom stereocenters. The van der Waals surface area contributed by atoms with Crippen LogP contribution < -0.4 is 5.32 Å². The third kappa shape index (κ3) is 3.58. The lowest BCUT2D eigenvalue weighted by Crippen LogP contribution is -2.30. The average Bonchev–Trinajstić information content (AvgIpc) is 2.19. The summed E-state index contributed by atoms with van der Waals surface area (Å²) in [4.78, 5) is 15.4. The Bertz CT molecular complexity index is 342. The van der Waals surface area contributed by atoms with E-state index >= 15 is 0 Å². The molecule has 1 heterocycles. The zero-order valence-electron chi connectivity index (χ0n) is 8.36. The summed E-state index contributed by atoms with van der Waals surface area (Å²) in [6.07, 6.45) is 0.672. The summed E-state index contributed by atoms with van der Waals surface area (Å²) in [5.41, 5.74) is 0.626. The Morgan fingerprint density at radius 2 is 2.20 bits per heavy atom. The minimum Gasteiger partial charge on any atom is -0.348 e. The molecule has 82 valence electrons. The predicted molar refractivity (Wildman–Crippen MR) is 58.4 cm³/mol. The van der Waals surface area contributed by atoms with Gasteiger partial charge in [0, 0.05) is 26.1 Å². The van der Waals surface area contributed by atoms with Crippen LogP contribution in [0.2, 0.25) is 0 Å². The van der Waals surface area contributed by atoms with Gasteiger partial charge in [0.2, 0.25) is 6.29 Å². The maximum atomic E-state index is 11.5. The van der Waals surface area contributed by atoms with Crippen LogP contribution in [-0.4, -0.2) is 31.4 Å². The van der Waals surface area contributed by atoms with Crippen molar-refractivity contribution in [3.05, 3.63) is 22.9 Å². The third-order valence-corrected chi connectivity index (χ3v) is 2.07. The highest BCUT2D eigenvalue weighted by molar-refractivity contribution is 9.10. The van der Waals surface area contributed by atoms with Crippen molar-refractivity contribution in [1.82, 2.24) is 4.98 Å². The average molecular weight is 275 g/mol. The van der Waals surface area contributed by atoms with Gasteiger partial charge in [0.25, 0.3) is 5.91 Å². The van der Waals surface area contributed by atoms with Crippen molar-refractivity contribution in [3.8, 4) is 0 Å². The number of carbonyl (C=O) groups is 1. The molecule has 0 saturated heterocycles. The number of hydrogen-bond donors (Lipinski definition) is 1. The van der Waals surface area contributed by atoms with Crippen molar-refractivity contribution >= 4 is 27.5 Å². The van der Waals surface area contributed by atoms with E-state index in [0.29, 0.717) is 10.3 Å². The number of pyridine rings is 1. The molecule has 1 rings (SSSR count). The molecule has 0 fully saturated rings. The predicted octanol–water partition coefficient (Wildman–Crippen LogP) is 1.40. The lowest BCUT2D eigenvalue weighted by atomic mass is 10.4. The number of amides is 1. The van der Waals surface area contributed by atoms with Gasteiger partial charge in [-0.2, -0.15) is 0 Å². The summed E-state index contributed by atoms with van der Waals surface area (Å²) in [6, 6.07) is 3.35. The van der Waals surface area contributed by atoms with Crippen molar-refractivity contribution in [2.75, 3.05) is 19.5 Å². The molecule has 15 heavy (non-hydrogen) atoms. The number of ether oxygens (including phenoxy) is 2. The smallest absolute Gasteiger partial charge is 0.281 e. The van der Waals surface area contributed by atoms with Crippen LogP contribution in [0, 0.1) is 0 Å². The maximum absolute atomic E-state index is 11.5. The monoisotopic (exact) mass is 274 g/mol. The van der Waals surface area contributed by atoms with E-state index < -0.39 is 6.29 Å². The van der Waals surface area contributed by atoms with Gasteiger partial charge in [-0.15, -0.1) is 0 Å². The van der Waals surface area contributed by atoms with Gasteiger partial charge in [-0.3, -0.25) is 4.79 Å². The molecule has 0 aliphatic carbocycles. The number of nitrogens with one attached hydrogen (secondary N) is 1. The quantitative estimate of drug-likeness (QED) is 0.666. The van der Waals surface area contributed by atoms with Gasteiger partial charge in [0.15, 0.2) is 0 Å². The number of halogens is 1. The Balaban J connectivity index is 2.65. The Labute approximate surface area is 95.9 Å². The summed E-state index contributed by atoms with van der Waals surface area (Å²) in [5.74, 6) is -0.363. The molecule has 0 unspecified atom stereocenters. The third-order valence-electron chi connectivity index (χ3n) is 1.64. The molecule has 0 aromatic carbocycles. The van der Waals surface area contributed by atoms with Gasteiger partial charge >= 0.3 is 0 Å². The van der Waals surface area contributed by atoms with Gasteiger partial charge in [-0.25, -0.2) is 4.98 Å². The van der Waals surface area contributed by atoms with E-state index in [9.17, 15) is 4.79 Å². The van der Waals surface area contributed by atoms with Crippen LogP contribution in [0.25, 0.3) is 0 Å². The number of hydrogen-bond acceptors (Lipinski definition) is 4. The fraction of sp³-hybridized carbons (Fsp3) is 0.333. The highest BCUT2D eigenvalue weighted by Crippen LogP contribution is 2.13. The van der Waals surface area contributed by atoms with Crippen LogP contribution in [0.1, 0.15) is 0 Å². The minimum atomic E-state index is -0.906. The molecule has 1 amide bonds. The Morgan fingerprint density at radius 1 is 1.53 bits per heavy atom. The van der Waals surface area contributed by atoms with Crippen molar-refractivity contribution < 1.29 is 14.3 Å². The first kappa shape index (κ1) is 12.1. The summed E-state index contributed by atoms with van der Waals surface area (Å²) < 4.78 is 10.2. The van der Waals surface area contributed by atoms with Crippen molar-refractivity contribution in [3.63, 3.8) is 0 Å². The molecular formula is C9H11BrN2O3. The lowest BCUT2D eigenvalue weighted by Gasteiger charge is -2.12. The second-order valence-electron chi connectivity index (χ2n) is 2.66. The Kier molecular flexibility index (Phi) is 4.67. The molecule has 0 spiro atoms. The zero-order chi connectivity index (χ0) is 11.3. The van der Waals surface area contributed by atoms with E-state index in [1.165, 1.54) is 14.2 Å². The normalized spacial score (nSPS) is 10.4. The van der Waals surface area contributed by atoms with E-state index in [2.05, 4.69) is 26.2 Å². The lowest BCUT2D eigenvalue weighted by molar-refractivity contribution is -0.153. The van der Waals surface area contributed by atoms with Crippen LogP contribution in [0.5, 0.6) is 0 Å². The van der Waals surface area contributed by atoms with E-state index in [1.54, 1.807) is 18.3 Å². The standard InChI is InChI=1S/C9H11BrN2O3/c1-14-9(15-2)8(13)12-6-3-4-11-7(10)5-6/h3-5,9H,1-2H3,(H,11,12,13). The number of methoxy groups -OCH3 is 2. The van der Waals surface area contributed by atoms with Gasteiger partial charge in [0.05, 0.1) is 0 Å². The van der Waals surface area contributed by atoms with Gasteiger partial charge < -0.3 is 14.8 Å². The summed E-state index contributed by atoms with van der Waals surface area (Å²) in [7, 11) is 2.80. The molecule has 0 radical (unpaired) electrons. The largest absolute Gasteiger partial charge is 0.348 e. The molecule has 1 aromatic heterocycles. The minimum absolute atomic E-state index is 0.363. The first-order valence-electron chi connectivity index (χ1n) is 4.15. The molecule has 0 aliphatic rings. The fourth-order valence-electron chi connectivity index (χ4n) is 0.992.